The lowest BCUT2D eigenvalue weighted by molar-refractivity contribution is 0.0679. The number of aliphatic hydroxyl groups excluding tert-OH is 1. The van der Waals surface area contributed by atoms with Gasteiger partial charge in [0.15, 0.2) is 0 Å². The summed E-state index contributed by atoms with van der Waals surface area (Å²) in [5.41, 5.74) is 3.37. The maximum absolute atomic E-state index is 11.7. The van der Waals surface area contributed by atoms with Gasteiger partial charge in [-0.05, 0) is 43.2 Å². The summed E-state index contributed by atoms with van der Waals surface area (Å²) in [5.74, 6) is -0.536. The molecule has 3 rings (SSSR count). The molecule has 0 fully saturated rings. The maximum atomic E-state index is 11.7. The van der Waals surface area contributed by atoms with Gasteiger partial charge in [0, 0.05) is 5.69 Å². The minimum Gasteiger partial charge on any atom is -0.492 e. The van der Waals surface area contributed by atoms with Crippen LogP contribution in [0, 0.1) is 6.92 Å². The summed E-state index contributed by atoms with van der Waals surface area (Å²) in [4.78, 5) is 20.5. The first-order valence-electron chi connectivity index (χ1n) is 8.96. The number of fused-ring (bicyclic) bond motifs is 1. The number of hydrogen-bond acceptors (Lipinski definition) is 5. The van der Waals surface area contributed by atoms with Crippen LogP contribution in [0.1, 0.15) is 47.3 Å². The molecule has 3 aromatic rings. The molecule has 1 aromatic carbocycles. The van der Waals surface area contributed by atoms with Crippen molar-refractivity contribution < 1.29 is 19.7 Å². The second-order valence-electron chi connectivity index (χ2n) is 6.41. The Labute approximate surface area is 157 Å². The van der Waals surface area contributed by atoms with Gasteiger partial charge in [0.2, 0.25) is 5.82 Å². The molecule has 0 aliphatic heterocycles. The largest absolute Gasteiger partial charge is 0.492 e. The molecule has 0 aliphatic rings. The van der Waals surface area contributed by atoms with Crippen molar-refractivity contribution >= 4 is 17.0 Å². The highest BCUT2D eigenvalue weighted by molar-refractivity contribution is 5.90. The molecule has 142 valence electrons. The molecule has 0 saturated heterocycles. The minimum atomic E-state index is -1.11. The highest BCUT2D eigenvalue weighted by Crippen LogP contribution is 2.24. The van der Waals surface area contributed by atoms with Gasteiger partial charge in [0.05, 0.1) is 30.8 Å². The Hall–Kier alpha value is -2.93. The van der Waals surface area contributed by atoms with E-state index in [1.807, 2.05) is 19.1 Å². The van der Waals surface area contributed by atoms with E-state index in [-0.39, 0.29) is 19.0 Å². The van der Waals surface area contributed by atoms with Crippen molar-refractivity contribution in [2.45, 2.75) is 39.8 Å². The van der Waals surface area contributed by atoms with Crippen LogP contribution in [0.5, 0.6) is 5.75 Å². The van der Waals surface area contributed by atoms with Crippen molar-refractivity contribution in [1.29, 1.82) is 0 Å². The Morgan fingerprint density at radius 2 is 2.04 bits per heavy atom. The third-order valence-corrected chi connectivity index (χ3v) is 4.32. The standard InChI is InChI=1S/C20H23N3O4/c1-3-4-9-27-18-8-5-13(2)21-16(18)11-23-17-10-14(12-24)6-7-15(17)22-19(23)20(25)26/h5-8,10,24H,3-4,9,11-12H2,1-2H3,(H,25,26). The van der Waals surface area contributed by atoms with Gasteiger partial charge >= 0.3 is 5.97 Å². The van der Waals surface area contributed by atoms with Crippen molar-refractivity contribution in [3.8, 4) is 5.75 Å². The molecule has 0 radical (unpaired) electrons. The summed E-state index contributed by atoms with van der Waals surface area (Å²) in [6.07, 6.45) is 1.95. The molecule has 0 saturated carbocycles. The fourth-order valence-electron chi connectivity index (χ4n) is 2.91. The summed E-state index contributed by atoms with van der Waals surface area (Å²) >= 11 is 0. The minimum absolute atomic E-state index is 0.0668. The zero-order valence-electron chi connectivity index (χ0n) is 15.5. The first-order valence-corrected chi connectivity index (χ1v) is 8.96. The van der Waals surface area contributed by atoms with E-state index in [0.29, 0.717) is 34.6 Å². The van der Waals surface area contributed by atoms with Gasteiger partial charge in [-0.2, -0.15) is 0 Å². The van der Waals surface area contributed by atoms with Crippen molar-refractivity contribution in [1.82, 2.24) is 14.5 Å². The van der Waals surface area contributed by atoms with E-state index < -0.39 is 5.97 Å². The van der Waals surface area contributed by atoms with Gasteiger partial charge < -0.3 is 19.5 Å². The molecule has 0 atom stereocenters. The Bertz CT molecular complexity index is 965. The van der Waals surface area contributed by atoms with E-state index in [2.05, 4.69) is 16.9 Å². The monoisotopic (exact) mass is 369 g/mol. The van der Waals surface area contributed by atoms with E-state index in [4.69, 9.17) is 4.74 Å². The Balaban J connectivity index is 2.06. The SMILES string of the molecule is CCCCOc1ccc(C)nc1Cn1c(C(=O)O)nc2ccc(CO)cc21. The third-order valence-electron chi connectivity index (χ3n) is 4.32. The normalized spacial score (nSPS) is 11.1. The highest BCUT2D eigenvalue weighted by atomic mass is 16.5. The first-order chi connectivity index (χ1) is 13.0. The number of carboxylic acids is 1. The fraction of sp³-hybridized carbons (Fsp3) is 0.350. The van der Waals surface area contributed by atoms with Crippen LogP contribution in [0.2, 0.25) is 0 Å². The number of pyridine rings is 1. The number of hydrogen-bond donors (Lipinski definition) is 2. The molecule has 0 spiro atoms. The lowest BCUT2D eigenvalue weighted by Gasteiger charge is -2.13. The predicted molar refractivity (Wildman–Crippen MR) is 101 cm³/mol. The van der Waals surface area contributed by atoms with Crippen molar-refractivity contribution in [2.75, 3.05) is 6.61 Å². The summed E-state index contributed by atoms with van der Waals surface area (Å²) in [6, 6.07) is 8.94. The summed E-state index contributed by atoms with van der Waals surface area (Å²) < 4.78 is 7.46. The predicted octanol–water partition coefficient (Wildman–Crippen LogP) is 3.16. The Morgan fingerprint density at radius 3 is 2.74 bits per heavy atom. The van der Waals surface area contributed by atoms with Gasteiger partial charge in [0.1, 0.15) is 11.4 Å². The van der Waals surface area contributed by atoms with E-state index in [0.717, 1.165) is 18.5 Å². The van der Waals surface area contributed by atoms with Gasteiger partial charge in [-0.15, -0.1) is 0 Å². The molecule has 0 amide bonds. The van der Waals surface area contributed by atoms with Crippen LogP contribution in [-0.2, 0) is 13.2 Å². The fourth-order valence-corrected chi connectivity index (χ4v) is 2.91. The number of imidazole rings is 1. The molecule has 2 N–H and O–H groups in total. The molecule has 2 aromatic heterocycles. The maximum Gasteiger partial charge on any atom is 0.372 e. The first kappa shape index (κ1) is 18.8. The molecule has 0 bridgehead atoms. The number of carbonyl (C=O) groups is 1. The molecule has 7 heteroatoms. The van der Waals surface area contributed by atoms with Crippen LogP contribution in [0.25, 0.3) is 11.0 Å². The lowest BCUT2D eigenvalue weighted by atomic mass is 10.2. The number of aliphatic hydroxyl groups is 1. The highest BCUT2D eigenvalue weighted by Gasteiger charge is 2.19. The van der Waals surface area contributed by atoms with Gasteiger partial charge in [-0.1, -0.05) is 19.4 Å². The van der Waals surface area contributed by atoms with Crippen LogP contribution >= 0.6 is 0 Å². The quantitative estimate of drug-likeness (QED) is 0.592. The molecule has 0 aliphatic carbocycles. The second kappa shape index (κ2) is 8.18. The van der Waals surface area contributed by atoms with Crippen LogP contribution in [0.3, 0.4) is 0 Å². The topological polar surface area (TPSA) is 97.5 Å². The summed E-state index contributed by atoms with van der Waals surface area (Å²) in [7, 11) is 0. The molecule has 7 nitrogen and oxygen atoms in total. The summed E-state index contributed by atoms with van der Waals surface area (Å²) in [6.45, 7) is 4.65. The number of unbranched alkanes of at least 4 members (excludes halogenated alkanes) is 1. The number of rotatable bonds is 8. The number of benzene rings is 1. The van der Waals surface area contributed by atoms with Crippen LogP contribution in [0.4, 0.5) is 0 Å². The molecule has 0 unspecified atom stereocenters. The number of ether oxygens (including phenoxy) is 1. The van der Waals surface area contributed by atoms with Crippen LogP contribution < -0.4 is 4.74 Å². The number of carboxylic acid groups (broad SMARTS) is 1. The average molecular weight is 369 g/mol. The average Bonchev–Trinajstić information content (AvgIpc) is 3.01. The van der Waals surface area contributed by atoms with Crippen molar-refractivity contribution in [3.05, 3.63) is 53.1 Å². The number of aromatic carboxylic acids is 1. The van der Waals surface area contributed by atoms with E-state index in [9.17, 15) is 15.0 Å². The second-order valence-corrected chi connectivity index (χ2v) is 6.41. The van der Waals surface area contributed by atoms with Gasteiger partial charge in [-0.25, -0.2) is 9.78 Å². The number of nitrogens with zero attached hydrogens (tertiary/aromatic N) is 3. The molecular weight excluding hydrogens is 346 g/mol. The number of aryl methyl sites for hydroxylation is 1. The van der Waals surface area contributed by atoms with Crippen molar-refractivity contribution in [3.63, 3.8) is 0 Å². The molecular formula is C20H23N3O4. The Kier molecular flexibility index (Phi) is 5.71. The summed E-state index contributed by atoms with van der Waals surface area (Å²) in [5, 5.41) is 19.0. The third kappa shape index (κ3) is 4.09. The molecule has 27 heavy (non-hydrogen) atoms. The van der Waals surface area contributed by atoms with E-state index in [1.54, 1.807) is 22.8 Å². The number of aromatic nitrogens is 3. The smallest absolute Gasteiger partial charge is 0.372 e. The lowest BCUT2D eigenvalue weighted by Crippen LogP contribution is -2.13. The van der Waals surface area contributed by atoms with E-state index >= 15 is 0 Å². The van der Waals surface area contributed by atoms with Crippen molar-refractivity contribution in [2.24, 2.45) is 0 Å². The van der Waals surface area contributed by atoms with Gasteiger partial charge in [0.25, 0.3) is 0 Å². The zero-order chi connectivity index (χ0) is 19.4. The van der Waals surface area contributed by atoms with E-state index in [1.165, 1.54) is 0 Å². The molecule has 2 heterocycles. The van der Waals surface area contributed by atoms with Crippen LogP contribution in [0.15, 0.2) is 30.3 Å². The zero-order valence-corrected chi connectivity index (χ0v) is 15.5. The van der Waals surface area contributed by atoms with Gasteiger partial charge in [-0.3, -0.25) is 4.98 Å². The van der Waals surface area contributed by atoms with Crippen LogP contribution in [-0.4, -0.2) is 37.3 Å². The Morgan fingerprint density at radius 1 is 1.22 bits per heavy atom.